The molecule has 0 bridgehead atoms. The number of halogens is 1. The van der Waals surface area contributed by atoms with Crippen molar-refractivity contribution in [1.29, 1.82) is 0 Å². The summed E-state index contributed by atoms with van der Waals surface area (Å²) in [5.41, 5.74) is 2.62. The van der Waals surface area contributed by atoms with Crippen LogP contribution in [0.3, 0.4) is 0 Å². The highest BCUT2D eigenvalue weighted by Gasteiger charge is 2.17. The van der Waals surface area contributed by atoms with Crippen LogP contribution in [-0.4, -0.2) is 41.5 Å². The minimum Gasteiger partial charge on any atom is -0.507 e. The first kappa shape index (κ1) is 27.9. The number of phenols is 1. The predicted molar refractivity (Wildman–Crippen MR) is 138 cm³/mol. The molecule has 0 unspecified atom stereocenters. The zero-order valence-corrected chi connectivity index (χ0v) is 21.7. The summed E-state index contributed by atoms with van der Waals surface area (Å²) in [7, 11) is 1.37. The topological polar surface area (TPSA) is 88.4 Å². The number of phenolic OH excluding ortho intramolecular Hbond substituents is 1. The van der Waals surface area contributed by atoms with Crippen LogP contribution >= 0.6 is 23.4 Å². The first-order chi connectivity index (χ1) is 16.4. The molecule has 0 aliphatic carbocycles. The molecule has 0 amide bonds. The number of benzene rings is 2. The molecule has 2 N–H and O–H groups in total. The predicted octanol–water partition coefficient (Wildman–Crippen LogP) is 6.64. The maximum Gasteiger partial charge on any atom is 0.309 e. The van der Waals surface area contributed by atoms with Gasteiger partial charge in [0.15, 0.2) is 0 Å². The van der Waals surface area contributed by atoms with Gasteiger partial charge >= 0.3 is 5.97 Å². The Morgan fingerprint density at radius 3 is 2.59 bits per heavy atom. The van der Waals surface area contributed by atoms with Gasteiger partial charge in [-0.05, 0) is 55.5 Å². The van der Waals surface area contributed by atoms with Gasteiger partial charge in [0.05, 0.1) is 30.9 Å². The van der Waals surface area contributed by atoms with Crippen LogP contribution in [0.2, 0.25) is 5.02 Å². The number of hydrogen-bond donors (Lipinski definition) is 2. The Kier molecular flexibility index (Phi) is 12.1. The Morgan fingerprint density at radius 2 is 1.94 bits per heavy atom. The Hall–Kier alpha value is -2.38. The highest BCUT2D eigenvalue weighted by Crippen LogP contribution is 2.34. The number of oxime groups is 1. The molecular formula is C26H34ClNO5S. The molecule has 8 heteroatoms. The third-order valence-corrected chi connectivity index (χ3v) is 6.90. The minimum absolute atomic E-state index is 0.136. The number of nitrogens with zero attached hydrogens (tertiary/aromatic N) is 1. The van der Waals surface area contributed by atoms with Gasteiger partial charge in [-0.2, -0.15) is 0 Å². The number of thioether (sulfide) groups is 1. The summed E-state index contributed by atoms with van der Waals surface area (Å²) in [6, 6.07) is 9.21. The number of methoxy groups -OCH3 is 1. The molecule has 0 fully saturated rings. The summed E-state index contributed by atoms with van der Waals surface area (Å²) in [5, 5.41) is 24.3. The number of carbonyl (C=O) groups is 1. The van der Waals surface area contributed by atoms with Crippen molar-refractivity contribution in [3.8, 4) is 11.5 Å². The zero-order valence-electron chi connectivity index (χ0n) is 20.1. The summed E-state index contributed by atoms with van der Waals surface area (Å²) >= 11 is 7.99. The number of hydrogen-bond acceptors (Lipinski definition) is 7. The van der Waals surface area contributed by atoms with Crippen molar-refractivity contribution in [3.63, 3.8) is 0 Å². The quantitative estimate of drug-likeness (QED) is 0.0743. The third kappa shape index (κ3) is 8.13. The molecule has 0 saturated carbocycles. The molecule has 6 nitrogen and oxygen atoms in total. The zero-order chi connectivity index (χ0) is 24.9. The maximum absolute atomic E-state index is 11.4. The van der Waals surface area contributed by atoms with Crippen LogP contribution in [0.15, 0.2) is 40.4 Å². The van der Waals surface area contributed by atoms with Crippen LogP contribution < -0.4 is 4.74 Å². The monoisotopic (exact) mass is 507 g/mol. The molecule has 0 aliphatic heterocycles. The van der Waals surface area contributed by atoms with E-state index >= 15 is 0 Å². The first-order valence-corrected chi connectivity index (χ1v) is 13.0. The van der Waals surface area contributed by atoms with Crippen LogP contribution in [0.4, 0.5) is 0 Å². The molecule has 0 aromatic heterocycles. The number of aromatic hydroxyl groups is 1. The Labute approximate surface area is 211 Å². The Balaban J connectivity index is 1.95. The molecule has 2 aromatic rings. The summed E-state index contributed by atoms with van der Waals surface area (Å²) in [6.45, 7) is 4.61. The second-order valence-electron chi connectivity index (χ2n) is 7.91. The van der Waals surface area contributed by atoms with E-state index in [1.54, 1.807) is 23.9 Å². The molecule has 34 heavy (non-hydrogen) atoms. The van der Waals surface area contributed by atoms with Crippen molar-refractivity contribution >= 4 is 35.0 Å². The van der Waals surface area contributed by atoms with Crippen LogP contribution in [0.5, 0.6) is 11.5 Å². The average Bonchev–Trinajstić information content (AvgIpc) is 2.83. The fourth-order valence-corrected chi connectivity index (χ4v) is 4.70. The van der Waals surface area contributed by atoms with E-state index in [1.165, 1.54) is 7.11 Å². The van der Waals surface area contributed by atoms with E-state index in [-0.39, 0.29) is 18.1 Å². The second-order valence-corrected chi connectivity index (χ2v) is 9.45. The number of carbonyl (C=O) groups excluding carboxylic acids is 1. The highest BCUT2D eigenvalue weighted by atomic mass is 35.5. The van der Waals surface area contributed by atoms with Crippen molar-refractivity contribution in [3.05, 3.63) is 52.0 Å². The number of esters is 1. The Morgan fingerprint density at radius 1 is 1.15 bits per heavy atom. The van der Waals surface area contributed by atoms with Gasteiger partial charge in [0, 0.05) is 21.8 Å². The van der Waals surface area contributed by atoms with E-state index in [0.29, 0.717) is 41.5 Å². The lowest BCUT2D eigenvalue weighted by Gasteiger charge is -2.16. The average molecular weight is 508 g/mol. The summed E-state index contributed by atoms with van der Waals surface area (Å²) in [5.74, 6) is 1.31. The van der Waals surface area contributed by atoms with Gasteiger partial charge in [0.1, 0.15) is 11.5 Å². The van der Waals surface area contributed by atoms with Gasteiger partial charge in [0.25, 0.3) is 0 Å². The fourth-order valence-electron chi connectivity index (χ4n) is 3.49. The van der Waals surface area contributed by atoms with Gasteiger partial charge in [-0.1, -0.05) is 49.5 Å². The van der Waals surface area contributed by atoms with E-state index < -0.39 is 0 Å². The number of ether oxygens (including phenoxy) is 2. The molecule has 0 heterocycles. The van der Waals surface area contributed by atoms with Crippen molar-refractivity contribution in [1.82, 2.24) is 0 Å². The van der Waals surface area contributed by atoms with Gasteiger partial charge in [0.2, 0.25) is 0 Å². The molecule has 0 spiro atoms. The van der Waals surface area contributed by atoms with Crippen LogP contribution in [0.1, 0.15) is 62.6 Å². The maximum atomic E-state index is 11.4. The van der Waals surface area contributed by atoms with Crippen LogP contribution in [-0.2, 0) is 22.4 Å². The van der Waals surface area contributed by atoms with Crippen molar-refractivity contribution in [2.24, 2.45) is 5.16 Å². The molecule has 2 rings (SSSR count). The Bertz CT molecular complexity index is 980. The summed E-state index contributed by atoms with van der Waals surface area (Å²) in [4.78, 5) is 12.4. The smallest absolute Gasteiger partial charge is 0.309 e. The van der Waals surface area contributed by atoms with Crippen molar-refractivity contribution in [2.75, 3.05) is 19.5 Å². The summed E-state index contributed by atoms with van der Waals surface area (Å²) in [6.07, 6.45) is 4.98. The van der Waals surface area contributed by atoms with E-state index in [0.717, 1.165) is 47.5 Å². The third-order valence-electron chi connectivity index (χ3n) is 5.31. The number of rotatable bonds is 14. The van der Waals surface area contributed by atoms with E-state index in [4.69, 9.17) is 16.3 Å². The lowest BCUT2D eigenvalue weighted by atomic mass is 9.98. The fraction of sp³-hybridized carbons (Fsp3) is 0.462. The number of unbranched alkanes of at least 4 members (excludes halogenated alkanes) is 1. The molecular weight excluding hydrogens is 474 g/mol. The normalized spacial score (nSPS) is 11.5. The van der Waals surface area contributed by atoms with Gasteiger partial charge in [-0.25, -0.2) is 0 Å². The van der Waals surface area contributed by atoms with Crippen molar-refractivity contribution in [2.45, 2.75) is 63.7 Å². The van der Waals surface area contributed by atoms with E-state index in [2.05, 4.69) is 16.8 Å². The molecule has 2 aromatic carbocycles. The first-order valence-electron chi connectivity index (χ1n) is 11.6. The van der Waals surface area contributed by atoms with Gasteiger partial charge in [-0.15, -0.1) is 11.8 Å². The molecule has 0 radical (unpaired) electrons. The molecule has 0 saturated heterocycles. The van der Waals surface area contributed by atoms with E-state index in [9.17, 15) is 15.1 Å². The van der Waals surface area contributed by atoms with Gasteiger partial charge in [-0.3, -0.25) is 4.79 Å². The summed E-state index contributed by atoms with van der Waals surface area (Å²) < 4.78 is 10.7. The molecule has 0 atom stereocenters. The SMILES string of the molecule is CCCCC(=NO)c1ccc(OCCCSc2ccc(CC(=O)OC)cc2Cl)c(CCC)c1O. The van der Waals surface area contributed by atoms with Gasteiger partial charge < -0.3 is 19.8 Å². The standard InChI is InChI=1S/C26H34ClNO5S/c1-4-6-9-22(28-31)19-11-12-23(20(8-5-2)26(19)30)33-14-7-15-34-24-13-10-18(16-21(24)27)17-25(29)32-3/h10-13,16,30-31H,4-9,14-15,17H2,1-3H3. The van der Waals surface area contributed by atoms with Crippen molar-refractivity contribution < 1.29 is 24.6 Å². The highest BCUT2D eigenvalue weighted by molar-refractivity contribution is 7.99. The lowest BCUT2D eigenvalue weighted by molar-refractivity contribution is -0.139. The van der Waals surface area contributed by atoms with E-state index in [1.807, 2.05) is 25.1 Å². The largest absolute Gasteiger partial charge is 0.507 e. The molecule has 0 aliphatic rings. The second kappa shape index (κ2) is 14.8. The minimum atomic E-state index is -0.295. The molecule has 186 valence electrons. The van der Waals surface area contributed by atoms with Crippen LogP contribution in [0.25, 0.3) is 0 Å². The van der Waals surface area contributed by atoms with Crippen LogP contribution in [0, 0.1) is 0 Å². The lowest BCUT2D eigenvalue weighted by Crippen LogP contribution is -2.06.